The van der Waals surface area contributed by atoms with E-state index in [4.69, 9.17) is 0 Å². The first kappa shape index (κ1) is 27.8. The second-order valence-corrected chi connectivity index (χ2v) is 10.1. The number of anilines is 2. The molecule has 1 amide bonds. The van der Waals surface area contributed by atoms with Gasteiger partial charge in [0.05, 0.1) is 18.0 Å². The Kier molecular flexibility index (Phi) is 8.69. The monoisotopic (exact) mass is 535 g/mol. The summed E-state index contributed by atoms with van der Waals surface area (Å²) < 4.78 is 54.8. The van der Waals surface area contributed by atoms with Crippen LogP contribution in [0.1, 0.15) is 24.2 Å². The Balaban J connectivity index is 1.86. The quantitative estimate of drug-likeness (QED) is 0.237. The molecule has 0 aliphatic rings. The van der Waals surface area contributed by atoms with Gasteiger partial charge in [-0.25, -0.2) is 8.42 Å². The number of alkyl halides is 2. The number of sulfonamides is 1. The Labute approximate surface area is 213 Å². The highest BCUT2D eigenvalue weighted by atomic mass is 32.2. The van der Waals surface area contributed by atoms with Gasteiger partial charge in [-0.1, -0.05) is 36.4 Å². The highest BCUT2D eigenvalue weighted by Crippen LogP contribution is 2.30. The van der Waals surface area contributed by atoms with Crippen LogP contribution in [0.4, 0.5) is 20.2 Å². The molecule has 9 nitrogen and oxygen atoms in total. The molecular formula is C25H27F2N3O6S. The zero-order valence-electron chi connectivity index (χ0n) is 20.0. The number of phenolic OH excluding ortho intramolecular Hbond substituents is 1. The molecule has 2 atom stereocenters. The molecule has 3 aromatic rings. The zero-order valence-corrected chi connectivity index (χ0v) is 20.8. The fourth-order valence-corrected chi connectivity index (χ4v) is 4.08. The highest BCUT2D eigenvalue weighted by molar-refractivity contribution is 7.92. The first-order valence-electron chi connectivity index (χ1n) is 11.0. The molecule has 0 aliphatic carbocycles. The Morgan fingerprint density at radius 2 is 1.70 bits per heavy atom. The van der Waals surface area contributed by atoms with Crippen molar-refractivity contribution in [1.82, 2.24) is 5.32 Å². The molecule has 0 aliphatic heterocycles. The van der Waals surface area contributed by atoms with Gasteiger partial charge in [-0.15, -0.1) is 0 Å². The molecule has 0 saturated heterocycles. The Morgan fingerprint density at radius 1 is 1.05 bits per heavy atom. The number of carbonyl (C=O) groups excluding carboxylic acids is 1. The minimum Gasteiger partial charge on any atom is -0.506 e. The van der Waals surface area contributed by atoms with Crippen LogP contribution in [-0.2, 0) is 20.4 Å². The molecule has 0 fully saturated rings. The molecule has 0 radical (unpaired) electrons. The lowest BCUT2D eigenvalue weighted by Gasteiger charge is -2.31. The number of benzene rings is 3. The largest absolute Gasteiger partial charge is 0.506 e. The molecule has 3 rings (SSSR count). The van der Waals surface area contributed by atoms with Crippen LogP contribution in [0, 0.1) is 0 Å². The van der Waals surface area contributed by atoms with E-state index in [2.05, 4.69) is 20.1 Å². The van der Waals surface area contributed by atoms with Crippen LogP contribution >= 0.6 is 0 Å². The van der Waals surface area contributed by atoms with E-state index >= 15 is 0 Å². The Bertz CT molecular complexity index is 1320. The predicted molar refractivity (Wildman–Crippen MR) is 135 cm³/mol. The molecule has 12 heteroatoms. The zero-order chi connectivity index (χ0) is 27.2. The van der Waals surface area contributed by atoms with Gasteiger partial charge in [0.2, 0.25) is 15.9 Å². The summed E-state index contributed by atoms with van der Waals surface area (Å²) in [5, 5.41) is 26.6. The third-order valence-corrected chi connectivity index (χ3v) is 6.08. The van der Waals surface area contributed by atoms with Crippen molar-refractivity contribution in [2.24, 2.45) is 0 Å². The van der Waals surface area contributed by atoms with Crippen molar-refractivity contribution >= 4 is 27.3 Å². The lowest BCUT2D eigenvalue weighted by atomic mass is 9.90. The van der Waals surface area contributed by atoms with E-state index in [0.29, 0.717) is 11.3 Å². The summed E-state index contributed by atoms with van der Waals surface area (Å²) >= 11 is 0. The van der Waals surface area contributed by atoms with E-state index in [1.165, 1.54) is 42.5 Å². The first-order chi connectivity index (χ1) is 17.4. The van der Waals surface area contributed by atoms with Gasteiger partial charge in [0.1, 0.15) is 17.0 Å². The van der Waals surface area contributed by atoms with Gasteiger partial charge in [0, 0.05) is 12.2 Å². The topological polar surface area (TPSA) is 137 Å². The highest BCUT2D eigenvalue weighted by Gasteiger charge is 2.36. The molecule has 37 heavy (non-hydrogen) atoms. The van der Waals surface area contributed by atoms with E-state index < -0.39 is 34.2 Å². The molecule has 0 unspecified atom stereocenters. The molecule has 0 heterocycles. The van der Waals surface area contributed by atoms with Crippen LogP contribution < -0.4 is 20.1 Å². The minimum absolute atomic E-state index is 0.0837. The van der Waals surface area contributed by atoms with Crippen molar-refractivity contribution < 1.29 is 36.9 Å². The number of aromatic hydroxyl groups is 1. The van der Waals surface area contributed by atoms with Crippen LogP contribution in [-0.4, -0.2) is 44.0 Å². The van der Waals surface area contributed by atoms with Crippen molar-refractivity contribution in [3.8, 4) is 11.5 Å². The summed E-state index contributed by atoms with van der Waals surface area (Å²) in [6, 6.07) is 18.1. The van der Waals surface area contributed by atoms with Crippen molar-refractivity contribution in [3.63, 3.8) is 0 Å². The van der Waals surface area contributed by atoms with E-state index in [9.17, 15) is 32.2 Å². The van der Waals surface area contributed by atoms with Gasteiger partial charge >= 0.3 is 6.61 Å². The first-order valence-corrected chi connectivity index (χ1v) is 12.9. The summed E-state index contributed by atoms with van der Waals surface area (Å²) in [5.41, 5.74) is -0.361. The van der Waals surface area contributed by atoms with Crippen molar-refractivity contribution in [3.05, 3.63) is 83.9 Å². The van der Waals surface area contributed by atoms with Gasteiger partial charge in [-0.2, -0.15) is 8.78 Å². The standard InChI is InChI=1S/C25H27F2N3O6S/c1-25(23(33)29-18-6-4-3-5-7-18,17-9-11-19(12-10-17)36-24(26)27)28-15-22(32)16-8-13-21(31)20(14-16)30-37(2,34)35/h3-14,22,24,28,30-32H,15H2,1-2H3,(H,29,33)/t22-,25-/m0/s1. The van der Waals surface area contributed by atoms with E-state index in [-0.39, 0.29) is 29.3 Å². The number of para-hydroxylation sites is 1. The SMILES string of the molecule is C[C@@](NC[C@H](O)c1ccc(O)c(NS(C)(=O)=O)c1)(C(=O)Nc1ccccc1)c1ccc(OC(F)F)cc1. The molecule has 198 valence electrons. The number of aliphatic hydroxyl groups is 1. The van der Waals surface area contributed by atoms with Crippen LogP contribution in [0.5, 0.6) is 11.5 Å². The van der Waals surface area contributed by atoms with Gasteiger partial charge < -0.3 is 20.3 Å². The van der Waals surface area contributed by atoms with E-state index in [0.717, 1.165) is 6.26 Å². The summed E-state index contributed by atoms with van der Waals surface area (Å²) in [6.07, 6.45) is -0.295. The van der Waals surface area contributed by atoms with Crippen LogP contribution in [0.15, 0.2) is 72.8 Å². The number of hydrogen-bond acceptors (Lipinski definition) is 7. The number of nitrogens with one attached hydrogen (secondary N) is 3. The maximum atomic E-state index is 13.4. The van der Waals surface area contributed by atoms with Crippen molar-refractivity contribution in [2.45, 2.75) is 25.2 Å². The lowest BCUT2D eigenvalue weighted by molar-refractivity contribution is -0.122. The number of carbonyl (C=O) groups is 1. The predicted octanol–water partition coefficient (Wildman–Crippen LogP) is 3.54. The molecule has 3 aromatic carbocycles. The maximum absolute atomic E-state index is 13.4. The lowest BCUT2D eigenvalue weighted by Crippen LogP contribution is -2.50. The fraction of sp³-hybridized carbons (Fsp3) is 0.240. The molecule has 0 aromatic heterocycles. The maximum Gasteiger partial charge on any atom is 0.387 e. The van der Waals surface area contributed by atoms with Gasteiger partial charge in [0.15, 0.2) is 0 Å². The Morgan fingerprint density at radius 3 is 2.30 bits per heavy atom. The number of aliphatic hydroxyl groups excluding tert-OH is 1. The smallest absolute Gasteiger partial charge is 0.387 e. The van der Waals surface area contributed by atoms with Crippen LogP contribution in [0.3, 0.4) is 0 Å². The van der Waals surface area contributed by atoms with Gasteiger partial charge in [-0.05, 0) is 54.4 Å². The summed E-state index contributed by atoms with van der Waals surface area (Å²) in [4.78, 5) is 13.4. The Hall–Kier alpha value is -3.74. The van der Waals surface area contributed by atoms with Crippen LogP contribution in [0.25, 0.3) is 0 Å². The number of halogens is 2. The molecular weight excluding hydrogens is 508 g/mol. The molecule has 0 bridgehead atoms. The second-order valence-electron chi connectivity index (χ2n) is 8.40. The summed E-state index contributed by atoms with van der Waals surface area (Å²) in [5.74, 6) is -0.898. The van der Waals surface area contributed by atoms with E-state index in [1.807, 2.05) is 0 Å². The summed E-state index contributed by atoms with van der Waals surface area (Å²) in [6.45, 7) is -1.61. The van der Waals surface area contributed by atoms with Crippen molar-refractivity contribution in [1.29, 1.82) is 0 Å². The number of hydrogen-bond donors (Lipinski definition) is 5. The number of amides is 1. The normalized spacial score (nSPS) is 14.0. The second kappa shape index (κ2) is 11.5. The van der Waals surface area contributed by atoms with Gasteiger partial charge in [-0.3, -0.25) is 14.8 Å². The van der Waals surface area contributed by atoms with E-state index in [1.54, 1.807) is 37.3 Å². The number of ether oxygens (including phenoxy) is 1. The number of rotatable bonds is 11. The molecule has 0 spiro atoms. The fourth-order valence-electron chi connectivity index (χ4n) is 3.52. The van der Waals surface area contributed by atoms with Crippen molar-refractivity contribution in [2.75, 3.05) is 22.8 Å². The summed E-state index contributed by atoms with van der Waals surface area (Å²) in [7, 11) is -3.68. The third kappa shape index (κ3) is 7.62. The molecule has 5 N–H and O–H groups in total. The average molecular weight is 536 g/mol. The van der Waals surface area contributed by atoms with Crippen LogP contribution in [0.2, 0.25) is 0 Å². The molecule has 0 saturated carbocycles. The third-order valence-electron chi connectivity index (χ3n) is 5.49. The average Bonchev–Trinajstić information content (AvgIpc) is 2.83. The minimum atomic E-state index is -3.68. The number of phenols is 1. The van der Waals surface area contributed by atoms with Gasteiger partial charge in [0.25, 0.3) is 0 Å².